The monoisotopic (exact) mass is 632 g/mol. The summed E-state index contributed by atoms with van der Waals surface area (Å²) in [5.74, 6) is -1.40. The molecule has 4 heterocycles. The molecule has 2 fully saturated rings. The summed E-state index contributed by atoms with van der Waals surface area (Å²) in [6.45, 7) is 6.53. The zero-order valence-electron chi connectivity index (χ0n) is 24.6. The number of alkyl halides is 3. The first-order chi connectivity index (χ1) is 21.0. The lowest BCUT2D eigenvalue weighted by Crippen LogP contribution is -2.36. The lowest BCUT2D eigenvalue weighted by Gasteiger charge is -2.30. The lowest BCUT2D eigenvalue weighted by molar-refractivity contribution is -0.142. The molecule has 10 nitrogen and oxygen atoms in total. The molecule has 2 saturated heterocycles. The number of aliphatic carboxylic acids is 1. The number of ether oxygens (including phenoxy) is 1. The van der Waals surface area contributed by atoms with Gasteiger partial charge in [-0.15, -0.1) is 0 Å². The van der Waals surface area contributed by atoms with E-state index < -0.39 is 23.6 Å². The van der Waals surface area contributed by atoms with Crippen LogP contribution < -0.4 is 15.0 Å². The summed E-state index contributed by atoms with van der Waals surface area (Å²) in [7, 11) is 0. The van der Waals surface area contributed by atoms with Crippen molar-refractivity contribution in [3.05, 3.63) is 46.7 Å². The Morgan fingerprint density at radius 3 is 2.52 bits per heavy atom. The second-order valence-corrected chi connectivity index (χ2v) is 12.2. The molecule has 2 aromatic heterocycles. The van der Waals surface area contributed by atoms with E-state index in [1.54, 1.807) is 6.07 Å². The number of carboxylic acid groups (broad SMARTS) is 1. The van der Waals surface area contributed by atoms with E-state index in [-0.39, 0.29) is 34.7 Å². The van der Waals surface area contributed by atoms with Gasteiger partial charge in [-0.1, -0.05) is 18.3 Å². The molecule has 14 heteroatoms. The average Bonchev–Trinajstić information content (AvgIpc) is 3.60. The van der Waals surface area contributed by atoms with Crippen molar-refractivity contribution >= 4 is 34.2 Å². The maximum Gasteiger partial charge on any atom is 0.419 e. The van der Waals surface area contributed by atoms with Gasteiger partial charge in [0.2, 0.25) is 0 Å². The number of thiazole rings is 1. The summed E-state index contributed by atoms with van der Waals surface area (Å²) >= 11 is 1.22. The summed E-state index contributed by atoms with van der Waals surface area (Å²) in [5.41, 5.74) is -0.152. The smallest absolute Gasteiger partial charge is 0.419 e. The number of hydrogen-bond acceptors (Lipinski definition) is 9. The van der Waals surface area contributed by atoms with Gasteiger partial charge in [0.05, 0.1) is 36.2 Å². The van der Waals surface area contributed by atoms with Crippen LogP contribution in [0.1, 0.15) is 66.9 Å². The van der Waals surface area contributed by atoms with Crippen molar-refractivity contribution in [2.24, 2.45) is 5.92 Å². The molecule has 2 N–H and O–H groups in total. The summed E-state index contributed by atoms with van der Waals surface area (Å²) < 4.78 is 47.4. The molecule has 2 aliphatic heterocycles. The van der Waals surface area contributed by atoms with Crippen molar-refractivity contribution in [3.8, 4) is 17.0 Å². The van der Waals surface area contributed by atoms with Crippen molar-refractivity contribution in [2.75, 3.05) is 36.5 Å². The first-order valence-corrected chi connectivity index (χ1v) is 15.5. The zero-order valence-corrected chi connectivity index (χ0v) is 25.4. The van der Waals surface area contributed by atoms with Crippen LogP contribution in [0, 0.1) is 5.92 Å². The van der Waals surface area contributed by atoms with Gasteiger partial charge in [-0.05, 0) is 63.8 Å². The molecular formula is C30H35F3N6O4S. The third-order valence-electron chi connectivity index (χ3n) is 8.01. The minimum absolute atomic E-state index is 0.0532. The molecule has 0 spiro atoms. The van der Waals surface area contributed by atoms with Crippen LogP contribution in [0.15, 0.2) is 30.6 Å². The van der Waals surface area contributed by atoms with Crippen molar-refractivity contribution in [2.45, 2.75) is 64.7 Å². The molecule has 1 aromatic carbocycles. The fourth-order valence-electron chi connectivity index (χ4n) is 5.51. The first kappa shape index (κ1) is 31.6. The predicted molar refractivity (Wildman–Crippen MR) is 160 cm³/mol. The number of carboxylic acids is 1. The largest absolute Gasteiger partial charge is 0.493 e. The van der Waals surface area contributed by atoms with Gasteiger partial charge in [0.25, 0.3) is 5.91 Å². The van der Waals surface area contributed by atoms with E-state index in [1.807, 2.05) is 11.8 Å². The highest BCUT2D eigenvalue weighted by atomic mass is 32.1. The van der Waals surface area contributed by atoms with Crippen LogP contribution in [0.25, 0.3) is 11.3 Å². The Morgan fingerprint density at radius 2 is 1.91 bits per heavy atom. The van der Waals surface area contributed by atoms with Gasteiger partial charge < -0.3 is 14.7 Å². The van der Waals surface area contributed by atoms with Crippen LogP contribution in [-0.2, 0) is 17.5 Å². The predicted octanol–water partition coefficient (Wildman–Crippen LogP) is 5.95. The maximum atomic E-state index is 14.0. The van der Waals surface area contributed by atoms with Crippen LogP contribution in [0.5, 0.6) is 5.75 Å². The van der Waals surface area contributed by atoms with Gasteiger partial charge in [-0.2, -0.15) is 13.2 Å². The minimum atomic E-state index is -4.62. The van der Waals surface area contributed by atoms with Crippen LogP contribution in [-0.4, -0.2) is 69.1 Å². The van der Waals surface area contributed by atoms with Crippen LogP contribution in [0.2, 0.25) is 0 Å². The number of nitrogens with zero attached hydrogens (tertiary/aromatic N) is 5. The number of rotatable bonds is 10. The number of amides is 1. The highest BCUT2D eigenvalue weighted by Crippen LogP contribution is 2.41. The van der Waals surface area contributed by atoms with Gasteiger partial charge in [0.15, 0.2) is 5.13 Å². The topological polar surface area (TPSA) is 121 Å². The van der Waals surface area contributed by atoms with E-state index in [9.17, 15) is 27.9 Å². The number of aromatic nitrogens is 3. The Balaban J connectivity index is 1.37. The molecule has 0 saturated carbocycles. The molecule has 2 aliphatic rings. The molecule has 1 unspecified atom stereocenters. The number of piperidine rings is 1. The molecule has 0 aliphatic carbocycles. The van der Waals surface area contributed by atoms with Crippen molar-refractivity contribution in [1.82, 2.24) is 19.9 Å². The molecule has 0 bridgehead atoms. The molecule has 5 rings (SSSR count). The quantitative estimate of drug-likeness (QED) is 0.280. The number of halogens is 3. The van der Waals surface area contributed by atoms with E-state index in [0.29, 0.717) is 56.5 Å². The Morgan fingerprint density at radius 1 is 1.14 bits per heavy atom. The number of hydrogen-bond donors (Lipinski definition) is 2. The number of carbonyl (C=O) groups excluding carboxylic acids is 1. The highest BCUT2D eigenvalue weighted by molar-refractivity contribution is 7.16. The van der Waals surface area contributed by atoms with Crippen molar-refractivity contribution in [3.63, 3.8) is 0 Å². The SMILES string of the molecule is CCCOc1ccc(-c2nc(NC(=O)c3cnc(N4CCC(C(=O)O)CC4)cn3)sc2CN2CCCC2C)cc1C(F)(F)F. The van der Waals surface area contributed by atoms with Crippen LogP contribution in [0.3, 0.4) is 0 Å². The third kappa shape index (κ3) is 7.29. The Hall–Kier alpha value is -3.78. The lowest BCUT2D eigenvalue weighted by atomic mass is 9.97. The summed E-state index contributed by atoms with van der Waals surface area (Å²) in [5, 5.41) is 12.2. The number of likely N-dealkylation sites (tertiary alicyclic amines) is 1. The molecule has 1 amide bonds. The Bertz CT molecular complexity index is 1470. The maximum absolute atomic E-state index is 14.0. The zero-order chi connectivity index (χ0) is 31.4. The Kier molecular flexibility index (Phi) is 9.68. The summed E-state index contributed by atoms with van der Waals surface area (Å²) in [6, 6.07) is 4.28. The summed E-state index contributed by atoms with van der Waals surface area (Å²) in [6.07, 6.45) is 1.85. The van der Waals surface area contributed by atoms with Gasteiger partial charge in [0.1, 0.15) is 17.3 Å². The fraction of sp³-hybridized carbons (Fsp3) is 0.500. The van der Waals surface area contributed by atoms with E-state index in [0.717, 1.165) is 30.3 Å². The second kappa shape index (κ2) is 13.5. The molecule has 1 atom stereocenters. The number of carbonyl (C=O) groups is 2. The van der Waals surface area contributed by atoms with E-state index in [1.165, 1.54) is 29.8 Å². The standard InChI is InChI=1S/C30H35F3N6O4S/c1-3-13-43-23-7-6-20(14-21(23)30(31,32)33)26-24(17-39-10-4-5-18(39)2)44-29(36-26)37-27(40)22-15-35-25(16-34-22)38-11-8-19(9-12-38)28(41)42/h6-7,14-16,18-19H,3-5,8-13,17H2,1-2H3,(H,41,42)(H,36,37,40). The molecular weight excluding hydrogens is 597 g/mol. The fourth-order valence-corrected chi connectivity index (χ4v) is 6.51. The number of nitrogens with one attached hydrogen (secondary N) is 1. The van der Waals surface area contributed by atoms with Crippen molar-refractivity contribution < 1.29 is 32.6 Å². The van der Waals surface area contributed by atoms with Gasteiger partial charge >= 0.3 is 12.1 Å². The van der Waals surface area contributed by atoms with Crippen LogP contribution in [0.4, 0.5) is 24.1 Å². The Labute approximate surface area is 257 Å². The van der Waals surface area contributed by atoms with Crippen molar-refractivity contribution in [1.29, 1.82) is 0 Å². The van der Waals surface area contributed by atoms with Gasteiger partial charge in [-0.25, -0.2) is 15.0 Å². The first-order valence-electron chi connectivity index (χ1n) is 14.7. The molecule has 3 aromatic rings. The highest BCUT2D eigenvalue weighted by Gasteiger charge is 2.35. The van der Waals surface area contributed by atoms with Gasteiger partial charge in [-0.3, -0.25) is 19.8 Å². The third-order valence-corrected chi connectivity index (χ3v) is 8.97. The normalized spacial score (nSPS) is 18.0. The van der Waals surface area contributed by atoms with Gasteiger partial charge in [0, 0.05) is 36.1 Å². The summed E-state index contributed by atoms with van der Waals surface area (Å²) in [4.78, 5) is 42.5. The van der Waals surface area contributed by atoms with Crippen LogP contribution >= 0.6 is 11.3 Å². The minimum Gasteiger partial charge on any atom is -0.493 e. The van der Waals surface area contributed by atoms with E-state index in [2.05, 4.69) is 32.1 Å². The molecule has 44 heavy (non-hydrogen) atoms. The number of anilines is 2. The average molecular weight is 633 g/mol. The molecule has 236 valence electrons. The number of benzene rings is 1. The molecule has 0 radical (unpaired) electrons. The van der Waals surface area contributed by atoms with E-state index in [4.69, 9.17) is 4.74 Å². The second-order valence-electron chi connectivity index (χ2n) is 11.1. The van der Waals surface area contributed by atoms with E-state index >= 15 is 0 Å².